The molecule has 0 atom stereocenters. The Bertz CT molecular complexity index is 1220. The molecule has 32 heavy (non-hydrogen) atoms. The van der Waals surface area contributed by atoms with Crippen LogP contribution in [0.1, 0.15) is 11.3 Å². The average molecular weight is 459 g/mol. The van der Waals surface area contributed by atoms with Crippen molar-refractivity contribution in [2.24, 2.45) is 5.10 Å². The Morgan fingerprint density at radius 2 is 1.94 bits per heavy atom. The first-order chi connectivity index (χ1) is 15.2. The lowest BCUT2D eigenvalue weighted by molar-refractivity contribution is -0.385. The summed E-state index contributed by atoms with van der Waals surface area (Å²) in [6, 6.07) is 11.5. The van der Waals surface area contributed by atoms with Gasteiger partial charge in [-0.25, -0.2) is 5.43 Å². The molecule has 11 nitrogen and oxygen atoms in total. The number of nitro groups is 2. The highest BCUT2D eigenvalue weighted by molar-refractivity contribution is 6.33. The van der Waals surface area contributed by atoms with Crippen LogP contribution in [0.25, 0.3) is 11.3 Å². The second-order valence-electron chi connectivity index (χ2n) is 6.43. The molecule has 0 aliphatic rings. The van der Waals surface area contributed by atoms with E-state index in [1.165, 1.54) is 36.5 Å². The van der Waals surface area contributed by atoms with Crippen LogP contribution in [-0.4, -0.2) is 28.6 Å². The van der Waals surface area contributed by atoms with Gasteiger partial charge < -0.3 is 9.15 Å². The zero-order valence-electron chi connectivity index (χ0n) is 16.5. The molecule has 0 bridgehead atoms. The zero-order chi connectivity index (χ0) is 23.3. The standard InChI is InChI=1S/C20H15ClN4O7/c1-12-2-6-19(17(8-12)25(29)30)31-11-20(26)23-22-10-14-4-7-18(32-14)15-5-3-13(24(27)28)9-16(15)21/h2-10H,11H2,1H3,(H,23,26)/b22-10-. The second kappa shape index (κ2) is 9.71. The Morgan fingerprint density at radius 3 is 2.62 bits per heavy atom. The van der Waals surface area contributed by atoms with E-state index >= 15 is 0 Å². The van der Waals surface area contributed by atoms with Crippen molar-refractivity contribution in [2.75, 3.05) is 6.61 Å². The summed E-state index contributed by atoms with van der Waals surface area (Å²) in [5.74, 6) is -0.0332. The van der Waals surface area contributed by atoms with E-state index in [1.54, 1.807) is 25.1 Å². The molecule has 164 valence electrons. The molecular formula is C20H15ClN4O7. The van der Waals surface area contributed by atoms with Crippen molar-refractivity contribution in [3.63, 3.8) is 0 Å². The van der Waals surface area contributed by atoms with Crippen LogP contribution in [0.5, 0.6) is 5.75 Å². The maximum Gasteiger partial charge on any atom is 0.311 e. The number of furan rings is 1. The summed E-state index contributed by atoms with van der Waals surface area (Å²) >= 11 is 6.08. The SMILES string of the molecule is Cc1ccc(OCC(=O)N/N=C\c2ccc(-c3ccc([N+](=O)[O-])cc3Cl)o2)c([N+](=O)[O-])c1. The fraction of sp³-hybridized carbons (Fsp3) is 0.100. The molecule has 0 unspecified atom stereocenters. The summed E-state index contributed by atoms with van der Waals surface area (Å²) in [6.07, 6.45) is 1.23. The summed E-state index contributed by atoms with van der Waals surface area (Å²) in [4.78, 5) is 32.6. The molecule has 0 saturated carbocycles. The smallest absolute Gasteiger partial charge is 0.311 e. The first kappa shape index (κ1) is 22.4. The van der Waals surface area contributed by atoms with Crippen molar-refractivity contribution >= 4 is 35.1 Å². The molecule has 1 amide bonds. The molecule has 0 aliphatic carbocycles. The van der Waals surface area contributed by atoms with Crippen LogP contribution >= 0.6 is 11.6 Å². The van der Waals surface area contributed by atoms with Gasteiger partial charge in [0.1, 0.15) is 11.5 Å². The highest BCUT2D eigenvalue weighted by atomic mass is 35.5. The minimum absolute atomic E-state index is 0.0321. The van der Waals surface area contributed by atoms with Crippen LogP contribution in [0.4, 0.5) is 11.4 Å². The molecule has 12 heteroatoms. The number of hydrogen-bond acceptors (Lipinski definition) is 8. The molecule has 1 aromatic heterocycles. The van der Waals surface area contributed by atoms with Gasteiger partial charge in [-0.2, -0.15) is 5.10 Å². The van der Waals surface area contributed by atoms with E-state index in [1.807, 2.05) is 0 Å². The molecule has 0 spiro atoms. The molecule has 1 heterocycles. The molecule has 3 aromatic rings. The minimum Gasteiger partial charge on any atom is -0.477 e. The number of nitrogens with zero attached hydrogens (tertiary/aromatic N) is 3. The third kappa shape index (κ3) is 5.46. The van der Waals surface area contributed by atoms with Gasteiger partial charge in [0.15, 0.2) is 12.4 Å². The van der Waals surface area contributed by atoms with Crippen LogP contribution in [0.15, 0.2) is 58.0 Å². The monoisotopic (exact) mass is 458 g/mol. The summed E-state index contributed by atoms with van der Waals surface area (Å²) < 4.78 is 10.8. The van der Waals surface area contributed by atoms with Gasteiger partial charge in [-0.05, 0) is 36.8 Å². The van der Waals surface area contributed by atoms with E-state index in [9.17, 15) is 25.0 Å². The molecule has 0 radical (unpaired) electrons. The van der Waals surface area contributed by atoms with Crippen LogP contribution in [0.3, 0.4) is 0 Å². The lowest BCUT2D eigenvalue weighted by Crippen LogP contribution is -2.24. The number of ether oxygens (including phenoxy) is 1. The summed E-state index contributed by atoms with van der Waals surface area (Å²) in [5.41, 5.74) is 2.97. The van der Waals surface area contributed by atoms with E-state index in [4.69, 9.17) is 20.8 Å². The molecule has 3 rings (SSSR count). The molecule has 2 aromatic carbocycles. The van der Waals surface area contributed by atoms with Gasteiger partial charge in [-0.15, -0.1) is 0 Å². The van der Waals surface area contributed by atoms with Crippen LogP contribution in [0, 0.1) is 27.2 Å². The number of hydrazone groups is 1. The van der Waals surface area contributed by atoms with Gasteiger partial charge in [0.05, 0.1) is 21.1 Å². The van der Waals surface area contributed by atoms with E-state index in [-0.39, 0.29) is 27.9 Å². The van der Waals surface area contributed by atoms with Crippen molar-refractivity contribution in [1.29, 1.82) is 0 Å². The van der Waals surface area contributed by atoms with Gasteiger partial charge in [0.25, 0.3) is 11.6 Å². The first-order valence-electron chi connectivity index (χ1n) is 8.98. The maximum atomic E-state index is 11.9. The van der Waals surface area contributed by atoms with Crippen molar-refractivity contribution in [3.05, 3.63) is 85.1 Å². The van der Waals surface area contributed by atoms with Gasteiger partial charge >= 0.3 is 5.69 Å². The second-order valence-corrected chi connectivity index (χ2v) is 6.84. The first-order valence-corrected chi connectivity index (χ1v) is 9.36. The van der Waals surface area contributed by atoms with Gasteiger partial charge in [-0.3, -0.25) is 25.0 Å². The predicted molar refractivity (Wildman–Crippen MR) is 115 cm³/mol. The highest BCUT2D eigenvalue weighted by Crippen LogP contribution is 2.32. The number of nitrogens with one attached hydrogen (secondary N) is 1. The Labute approximate surface area is 185 Å². The molecule has 1 N–H and O–H groups in total. The third-order valence-electron chi connectivity index (χ3n) is 4.11. The number of benzene rings is 2. The van der Waals surface area contributed by atoms with Gasteiger partial charge in [0.2, 0.25) is 0 Å². The van der Waals surface area contributed by atoms with Gasteiger partial charge in [0, 0.05) is 23.8 Å². The quantitative estimate of drug-likeness (QED) is 0.301. The van der Waals surface area contributed by atoms with Crippen LogP contribution in [0.2, 0.25) is 5.02 Å². The summed E-state index contributed by atoms with van der Waals surface area (Å²) in [5, 5.41) is 25.8. The molecule has 0 fully saturated rings. The van der Waals surface area contributed by atoms with Crippen molar-refractivity contribution in [3.8, 4) is 17.1 Å². The number of nitro benzene ring substituents is 2. The zero-order valence-corrected chi connectivity index (χ0v) is 17.2. The summed E-state index contributed by atoms with van der Waals surface area (Å²) in [7, 11) is 0. The lowest BCUT2D eigenvalue weighted by atomic mass is 10.1. The number of aryl methyl sites for hydroxylation is 1. The number of carbonyl (C=O) groups excluding carboxylic acids is 1. The number of rotatable bonds is 8. The summed E-state index contributed by atoms with van der Waals surface area (Å²) in [6.45, 7) is 1.22. The minimum atomic E-state index is -0.638. The fourth-order valence-electron chi connectivity index (χ4n) is 2.62. The number of hydrogen-bond donors (Lipinski definition) is 1. The maximum absolute atomic E-state index is 11.9. The highest BCUT2D eigenvalue weighted by Gasteiger charge is 2.16. The largest absolute Gasteiger partial charge is 0.477 e. The van der Waals surface area contributed by atoms with Crippen molar-refractivity contribution < 1.29 is 23.8 Å². The Balaban J connectivity index is 1.58. The van der Waals surface area contributed by atoms with Crippen molar-refractivity contribution in [1.82, 2.24) is 5.43 Å². The fourth-order valence-corrected chi connectivity index (χ4v) is 2.89. The number of halogens is 1. The Kier molecular flexibility index (Phi) is 6.80. The van der Waals surface area contributed by atoms with E-state index < -0.39 is 22.4 Å². The predicted octanol–water partition coefficient (Wildman–Crippen LogP) is 4.25. The normalized spacial score (nSPS) is 10.8. The Morgan fingerprint density at radius 1 is 1.16 bits per heavy atom. The van der Waals surface area contributed by atoms with Crippen LogP contribution < -0.4 is 10.2 Å². The average Bonchev–Trinajstić information content (AvgIpc) is 3.21. The number of carbonyl (C=O) groups is 1. The number of non-ortho nitro benzene ring substituents is 1. The van der Waals surface area contributed by atoms with E-state index in [0.29, 0.717) is 16.9 Å². The van der Waals surface area contributed by atoms with Gasteiger partial charge in [-0.1, -0.05) is 17.7 Å². The van der Waals surface area contributed by atoms with Crippen LogP contribution in [-0.2, 0) is 4.79 Å². The van der Waals surface area contributed by atoms with E-state index in [0.717, 1.165) is 0 Å². The van der Waals surface area contributed by atoms with Crippen molar-refractivity contribution in [2.45, 2.75) is 6.92 Å². The lowest BCUT2D eigenvalue weighted by Gasteiger charge is -2.06. The topological polar surface area (TPSA) is 150 Å². The Hall–Kier alpha value is -4.25. The molecule has 0 saturated heterocycles. The number of amides is 1. The third-order valence-corrected chi connectivity index (χ3v) is 4.42. The van der Waals surface area contributed by atoms with E-state index in [2.05, 4.69) is 10.5 Å². The molecule has 0 aliphatic heterocycles. The molecular weight excluding hydrogens is 444 g/mol.